The number of carbonyl (C=O) groups is 2. The van der Waals surface area contributed by atoms with Crippen LogP contribution in [0, 0.1) is 29.1 Å². The normalized spacial score (nSPS) is 37.3. The van der Waals surface area contributed by atoms with Crippen LogP contribution >= 0.6 is 0 Å². The third-order valence-electron chi connectivity index (χ3n) is 5.41. The predicted octanol–water partition coefficient (Wildman–Crippen LogP) is 2.89. The number of hydrogen-bond acceptors (Lipinski definition) is 3. The quantitative estimate of drug-likeness (QED) is 0.821. The lowest BCUT2D eigenvalue weighted by Crippen LogP contribution is -2.68. The maximum Gasteiger partial charge on any atom is 0.407 e. The molecule has 0 aromatic rings. The molecular weight excluding hydrogens is 270 g/mol. The first-order valence-corrected chi connectivity index (χ1v) is 7.67. The van der Waals surface area contributed by atoms with Crippen molar-refractivity contribution in [2.45, 2.75) is 59.6 Å². The van der Waals surface area contributed by atoms with E-state index in [0.29, 0.717) is 5.92 Å². The molecule has 0 unspecified atom stereocenters. The third-order valence-corrected chi connectivity index (χ3v) is 5.41. The molecule has 1 amide bonds. The molecule has 0 aromatic heterocycles. The third kappa shape index (κ3) is 2.74. The van der Waals surface area contributed by atoms with Crippen LogP contribution in [-0.2, 0) is 9.53 Å². The summed E-state index contributed by atoms with van der Waals surface area (Å²) in [5.74, 6) is -0.682. The lowest BCUT2D eigenvalue weighted by molar-refractivity contribution is -0.177. The molecule has 21 heavy (non-hydrogen) atoms. The highest BCUT2D eigenvalue weighted by atomic mass is 16.6. The number of nitrogens with one attached hydrogen (secondary N) is 1. The number of carboxylic acids is 1. The molecule has 0 spiro atoms. The van der Waals surface area contributed by atoms with E-state index in [1.165, 1.54) is 0 Å². The van der Waals surface area contributed by atoms with Crippen LogP contribution in [0.3, 0.4) is 0 Å². The van der Waals surface area contributed by atoms with Crippen LogP contribution in [-0.4, -0.2) is 28.8 Å². The second kappa shape index (κ2) is 4.89. The van der Waals surface area contributed by atoms with Gasteiger partial charge in [-0.25, -0.2) is 4.79 Å². The van der Waals surface area contributed by atoms with Gasteiger partial charge in [-0.05, 0) is 50.4 Å². The van der Waals surface area contributed by atoms with Crippen molar-refractivity contribution in [1.82, 2.24) is 5.32 Å². The van der Waals surface area contributed by atoms with E-state index in [1.54, 1.807) is 20.8 Å². The van der Waals surface area contributed by atoms with Gasteiger partial charge in [0.25, 0.3) is 0 Å². The van der Waals surface area contributed by atoms with E-state index in [1.807, 2.05) is 6.92 Å². The smallest absolute Gasteiger partial charge is 0.407 e. The van der Waals surface area contributed by atoms with Crippen LogP contribution in [0.4, 0.5) is 4.79 Å². The van der Waals surface area contributed by atoms with Crippen molar-refractivity contribution in [3.05, 3.63) is 0 Å². The Kier molecular flexibility index (Phi) is 3.75. The van der Waals surface area contributed by atoms with Gasteiger partial charge in [-0.1, -0.05) is 20.8 Å². The SMILES string of the molecule is C[C@H]1[C@H](C(=O)O)[C@H](NC(=O)OC(C)(C)C)[C@@H]2C[C@H]1C2(C)C. The number of rotatable bonds is 2. The summed E-state index contributed by atoms with van der Waals surface area (Å²) in [5, 5.41) is 12.4. The molecule has 5 heteroatoms. The van der Waals surface area contributed by atoms with Crippen LogP contribution in [0.5, 0.6) is 0 Å². The van der Waals surface area contributed by atoms with E-state index in [-0.39, 0.29) is 23.3 Å². The summed E-state index contributed by atoms with van der Waals surface area (Å²) in [6.45, 7) is 11.7. The minimum absolute atomic E-state index is 0.0578. The average Bonchev–Trinajstić information content (AvgIpc) is 2.23. The van der Waals surface area contributed by atoms with Crippen molar-refractivity contribution < 1.29 is 19.4 Å². The maximum atomic E-state index is 12.0. The van der Waals surface area contributed by atoms with E-state index in [9.17, 15) is 14.7 Å². The van der Waals surface area contributed by atoms with Crippen LogP contribution < -0.4 is 5.32 Å². The second-order valence-electron chi connectivity index (χ2n) is 8.17. The summed E-state index contributed by atoms with van der Waals surface area (Å²) in [6.07, 6.45) is 0.463. The Morgan fingerprint density at radius 1 is 1.24 bits per heavy atom. The van der Waals surface area contributed by atoms with Crippen molar-refractivity contribution in [3.8, 4) is 0 Å². The molecule has 0 aliphatic heterocycles. The predicted molar refractivity (Wildman–Crippen MR) is 78.8 cm³/mol. The second-order valence-corrected chi connectivity index (χ2v) is 8.17. The summed E-state index contributed by atoms with van der Waals surface area (Å²) in [5.41, 5.74) is -0.508. The van der Waals surface area contributed by atoms with Crippen LogP contribution in [0.2, 0.25) is 0 Å². The van der Waals surface area contributed by atoms with Gasteiger partial charge >= 0.3 is 12.1 Å². The molecule has 5 atom stereocenters. The number of ether oxygens (including phenoxy) is 1. The van der Waals surface area contributed by atoms with Crippen LogP contribution in [0.15, 0.2) is 0 Å². The highest BCUT2D eigenvalue weighted by molar-refractivity contribution is 5.75. The van der Waals surface area contributed by atoms with Crippen LogP contribution in [0.25, 0.3) is 0 Å². The highest BCUT2D eigenvalue weighted by Crippen LogP contribution is 2.62. The fraction of sp³-hybridized carbons (Fsp3) is 0.875. The van der Waals surface area contributed by atoms with Gasteiger partial charge in [0, 0.05) is 6.04 Å². The van der Waals surface area contributed by atoms with Gasteiger partial charge in [-0.2, -0.15) is 0 Å². The number of amides is 1. The molecule has 3 fully saturated rings. The molecule has 5 nitrogen and oxygen atoms in total. The van der Waals surface area contributed by atoms with Crippen molar-refractivity contribution in [2.75, 3.05) is 0 Å². The zero-order valence-electron chi connectivity index (χ0n) is 13.8. The summed E-state index contributed by atoms with van der Waals surface area (Å²) in [6, 6.07) is -0.354. The molecule has 3 aliphatic rings. The number of carbonyl (C=O) groups excluding carboxylic acids is 1. The molecule has 0 aromatic carbocycles. The summed E-state index contributed by atoms with van der Waals surface area (Å²) in [4.78, 5) is 23.7. The molecule has 0 heterocycles. The first-order chi connectivity index (χ1) is 9.45. The fourth-order valence-corrected chi connectivity index (χ4v) is 4.34. The van der Waals surface area contributed by atoms with Crippen molar-refractivity contribution in [1.29, 1.82) is 0 Å². The maximum absolute atomic E-state index is 12.0. The summed E-state index contributed by atoms with van der Waals surface area (Å²) >= 11 is 0. The average molecular weight is 297 g/mol. The minimum Gasteiger partial charge on any atom is -0.481 e. The Morgan fingerprint density at radius 2 is 1.81 bits per heavy atom. The number of hydrogen-bond donors (Lipinski definition) is 2. The number of fused-ring (bicyclic) bond motifs is 2. The Bertz CT molecular complexity index is 452. The summed E-state index contributed by atoms with van der Waals surface area (Å²) < 4.78 is 5.29. The van der Waals surface area contributed by atoms with Gasteiger partial charge in [0.2, 0.25) is 0 Å². The molecule has 120 valence electrons. The largest absolute Gasteiger partial charge is 0.481 e. The molecule has 3 saturated carbocycles. The number of carboxylic acid groups (broad SMARTS) is 1. The molecular formula is C16H27NO4. The van der Waals surface area contributed by atoms with Gasteiger partial charge in [-0.15, -0.1) is 0 Å². The first kappa shape index (κ1) is 16.1. The Labute approximate surface area is 126 Å². The highest BCUT2D eigenvalue weighted by Gasteiger charge is 2.63. The van der Waals surface area contributed by atoms with Crippen molar-refractivity contribution in [2.24, 2.45) is 29.1 Å². The van der Waals surface area contributed by atoms with Gasteiger partial charge in [-0.3, -0.25) is 4.79 Å². The van der Waals surface area contributed by atoms with E-state index in [0.717, 1.165) is 6.42 Å². The molecule has 2 N–H and O–H groups in total. The van der Waals surface area contributed by atoms with Gasteiger partial charge in [0.1, 0.15) is 5.60 Å². The van der Waals surface area contributed by atoms with E-state index < -0.39 is 23.6 Å². The molecule has 2 bridgehead atoms. The summed E-state index contributed by atoms with van der Waals surface area (Å²) in [7, 11) is 0. The van der Waals surface area contributed by atoms with E-state index in [2.05, 4.69) is 19.2 Å². The molecule has 0 saturated heterocycles. The Morgan fingerprint density at radius 3 is 2.24 bits per heavy atom. The minimum atomic E-state index is -0.825. The Balaban J connectivity index is 2.17. The zero-order valence-corrected chi connectivity index (χ0v) is 13.8. The van der Waals surface area contributed by atoms with Gasteiger partial charge < -0.3 is 15.2 Å². The number of aliphatic carboxylic acids is 1. The van der Waals surface area contributed by atoms with Crippen molar-refractivity contribution in [3.63, 3.8) is 0 Å². The fourth-order valence-electron chi connectivity index (χ4n) is 4.34. The zero-order chi connectivity index (χ0) is 16.2. The monoisotopic (exact) mass is 297 g/mol. The topological polar surface area (TPSA) is 75.6 Å². The van der Waals surface area contributed by atoms with E-state index in [4.69, 9.17) is 4.74 Å². The molecule has 0 radical (unpaired) electrons. The lowest BCUT2D eigenvalue weighted by atomic mass is 9.41. The van der Waals surface area contributed by atoms with Crippen LogP contribution in [0.1, 0.15) is 48.0 Å². The Hall–Kier alpha value is -1.26. The lowest BCUT2D eigenvalue weighted by Gasteiger charge is -2.64. The number of alkyl carbamates (subject to hydrolysis) is 1. The van der Waals surface area contributed by atoms with E-state index >= 15 is 0 Å². The van der Waals surface area contributed by atoms with Crippen molar-refractivity contribution >= 4 is 12.1 Å². The first-order valence-electron chi connectivity index (χ1n) is 7.67. The standard InChI is InChI=1S/C16H27NO4/c1-8-9-7-10(16(9,5)6)12(11(8)13(18)19)17-14(20)21-15(2,3)4/h8-12H,7H2,1-6H3,(H,17,20)(H,18,19)/t8-,9-,10+,11+,12-/m1/s1. The van der Waals surface area contributed by atoms with Gasteiger partial charge in [0.05, 0.1) is 5.92 Å². The van der Waals surface area contributed by atoms with Gasteiger partial charge in [0.15, 0.2) is 0 Å². The molecule has 3 rings (SSSR count). The molecule has 3 aliphatic carbocycles.